The monoisotopic (exact) mass is 192 g/mol. The smallest absolute Gasteiger partial charge is 0.150 e. The van der Waals surface area contributed by atoms with Gasteiger partial charge < -0.3 is 5.11 Å². The Hall–Kier alpha value is -0.0900. The summed E-state index contributed by atoms with van der Waals surface area (Å²) in [7, 11) is -2.68. The van der Waals surface area contributed by atoms with E-state index in [4.69, 9.17) is 0 Å². The van der Waals surface area contributed by atoms with Gasteiger partial charge in [0.25, 0.3) is 0 Å². The summed E-state index contributed by atoms with van der Waals surface area (Å²) in [6.07, 6.45) is 1.51. The van der Waals surface area contributed by atoms with Crippen LogP contribution in [0.1, 0.15) is 26.7 Å². The van der Waals surface area contributed by atoms with E-state index in [-0.39, 0.29) is 0 Å². The average molecular weight is 192 g/mol. The Labute approximate surface area is 73.7 Å². The second kappa shape index (κ2) is 3.00. The number of aliphatic hydroxyl groups is 1. The van der Waals surface area contributed by atoms with E-state index >= 15 is 0 Å². The van der Waals surface area contributed by atoms with Crippen molar-refractivity contribution in [3.05, 3.63) is 0 Å². The Kier molecular flexibility index (Phi) is 2.50. The molecule has 0 aliphatic carbocycles. The third-order valence-electron chi connectivity index (χ3n) is 2.14. The predicted octanol–water partition coefficient (Wildman–Crippen LogP) is 0.582. The largest absolute Gasteiger partial charge is 0.390 e. The molecule has 1 aliphatic rings. The minimum atomic E-state index is -2.68. The van der Waals surface area contributed by atoms with Gasteiger partial charge >= 0.3 is 0 Å². The summed E-state index contributed by atoms with van der Waals surface area (Å²) in [5.74, 6) is 0.938. The lowest BCUT2D eigenvalue weighted by molar-refractivity contribution is 0.0647. The zero-order valence-electron chi connectivity index (χ0n) is 7.58. The van der Waals surface area contributed by atoms with Crippen LogP contribution in [0.2, 0.25) is 0 Å². The molecule has 1 saturated heterocycles. The van der Waals surface area contributed by atoms with Gasteiger partial charge in [-0.1, -0.05) is 0 Å². The number of sulfone groups is 1. The maximum Gasteiger partial charge on any atom is 0.150 e. The highest BCUT2D eigenvalue weighted by atomic mass is 32.2. The van der Waals surface area contributed by atoms with Gasteiger partial charge in [-0.25, -0.2) is 8.42 Å². The van der Waals surface area contributed by atoms with Gasteiger partial charge in [0.2, 0.25) is 0 Å². The minimum Gasteiger partial charge on any atom is -0.390 e. The molecule has 0 bridgehead atoms. The first-order chi connectivity index (χ1) is 5.29. The third-order valence-corrected chi connectivity index (χ3v) is 4.10. The lowest BCUT2D eigenvalue weighted by atomic mass is 9.97. The van der Waals surface area contributed by atoms with Gasteiger partial charge in [-0.15, -0.1) is 0 Å². The maximum absolute atomic E-state index is 10.8. The fourth-order valence-electron chi connectivity index (χ4n) is 1.39. The van der Waals surface area contributed by atoms with Crippen molar-refractivity contribution >= 4 is 9.84 Å². The minimum absolute atomic E-state index is 0.293. The summed E-state index contributed by atoms with van der Waals surface area (Å²) in [6.45, 7) is 3.50. The van der Waals surface area contributed by atoms with Crippen LogP contribution in [0.4, 0.5) is 0 Å². The van der Waals surface area contributed by atoms with E-state index < -0.39 is 15.4 Å². The van der Waals surface area contributed by atoms with Crippen LogP contribution >= 0.6 is 0 Å². The molecule has 0 atom stereocenters. The molecule has 0 aromatic rings. The summed E-state index contributed by atoms with van der Waals surface area (Å²) in [5, 5.41) is 9.37. The number of hydrogen-bond acceptors (Lipinski definition) is 3. The van der Waals surface area contributed by atoms with Crippen LogP contribution in [0.15, 0.2) is 0 Å². The highest BCUT2D eigenvalue weighted by Gasteiger charge is 2.33. The fraction of sp³-hybridized carbons (Fsp3) is 1.00. The molecule has 0 unspecified atom stereocenters. The van der Waals surface area contributed by atoms with Crippen LogP contribution in [-0.2, 0) is 9.84 Å². The fourth-order valence-corrected chi connectivity index (χ4v) is 3.07. The zero-order valence-corrected chi connectivity index (χ0v) is 8.39. The van der Waals surface area contributed by atoms with Crippen molar-refractivity contribution in [3.8, 4) is 0 Å². The summed E-state index contributed by atoms with van der Waals surface area (Å²) >= 11 is 0. The third kappa shape index (κ3) is 3.11. The van der Waals surface area contributed by atoms with Crippen LogP contribution in [0, 0.1) is 5.92 Å². The van der Waals surface area contributed by atoms with Crippen molar-refractivity contribution in [2.75, 3.05) is 11.5 Å². The zero-order chi connectivity index (χ0) is 9.41. The lowest BCUT2D eigenvalue weighted by Gasteiger charge is -2.28. The molecule has 12 heavy (non-hydrogen) atoms. The van der Waals surface area contributed by atoms with Crippen LogP contribution in [0.25, 0.3) is 0 Å². The highest BCUT2D eigenvalue weighted by Crippen LogP contribution is 2.25. The van der Waals surface area contributed by atoms with Crippen LogP contribution in [-0.4, -0.2) is 30.6 Å². The van der Waals surface area contributed by atoms with Gasteiger partial charge in [-0.05, 0) is 32.6 Å². The molecule has 3 nitrogen and oxygen atoms in total. The molecule has 1 aliphatic heterocycles. The molecule has 72 valence electrons. The number of hydrogen-bond donors (Lipinski definition) is 1. The summed E-state index contributed by atoms with van der Waals surface area (Å²) in [6, 6.07) is 0. The normalized spacial score (nSPS) is 23.6. The molecule has 0 aromatic heterocycles. The van der Waals surface area contributed by atoms with Crippen LogP contribution < -0.4 is 0 Å². The van der Waals surface area contributed by atoms with E-state index in [1.807, 2.05) is 0 Å². The molecule has 0 radical (unpaired) electrons. The Morgan fingerprint density at radius 2 is 1.92 bits per heavy atom. The molecule has 1 rings (SSSR count). The van der Waals surface area contributed by atoms with E-state index in [2.05, 4.69) is 0 Å². The standard InChI is InChI=1S/C8H16O3S/c1-8(2,9)4-3-7-5-12(10,11)6-7/h7,9H,3-6H2,1-2H3. The van der Waals surface area contributed by atoms with Crippen molar-refractivity contribution < 1.29 is 13.5 Å². The van der Waals surface area contributed by atoms with Crippen molar-refractivity contribution in [2.24, 2.45) is 5.92 Å². The molecule has 0 aromatic carbocycles. The molecular weight excluding hydrogens is 176 g/mol. The quantitative estimate of drug-likeness (QED) is 0.711. The van der Waals surface area contributed by atoms with E-state index in [1.54, 1.807) is 13.8 Å². The molecule has 0 saturated carbocycles. The molecule has 1 N–H and O–H groups in total. The first-order valence-electron chi connectivity index (χ1n) is 4.21. The van der Waals surface area contributed by atoms with E-state index in [9.17, 15) is 13.5 Å². The van der Waals surface area contributed by atoms with Crippen molar-refractivity contribution in [1.82, 2.24) is 0 Å². The van der Waals surface area contributed by atoms with Crippen LogP contribution in [0.5, 0.6) is 0 Å². The Bertz CT molecular complexity index is 236. The van der Waals surface area contributed by atoms with E-state index in [1.165, 1.54) is 0 Å². The van der Waals surface area contributed by atoms with E-state index in [0.29, 0.717) is 23.8 Å². The summed E-state index contributed by atoms with van der Waals surface area (Å²) in [4.78, 5) is 0. The SMILES string of the molecule is CC(C)(O)CCC1CS(=O)(=O)C1. The van der Waals surface area contributed by atoms with E-state index in [0.717, 1.165) is 6.42 Å². The average Bonchev–Trinajstić information content (AvgIpc) is 1.76. The maximum atomic E-state index is 10.8. The number of rotatable bonds is 3. The second-order valence-electron chi connectivity index (χ2n) is 4.29. The van der Waals surface area contributed by atoms with Gasteiger partial charge in [-0.2, -0.15) is 0 Å². The molecule has 1 fully saturated rings. The molecule has 1 heterocycles. The van der Waals surface area contributed by atoms with Crippen molar-refractivity contribution in [1.29, 1.82) is 0 Å². The first kappa shape index (κ1) is 9.99. The highest BCUT2D eigenvalue weighted by molar-refractivity contribution is 7.92. The molecule has 4 heteroatoms. The topological polar surface area (TPSA) is 54.4 Å². The Balaban J connectivity index is 2.21. The molecular formula is C8H16O3S. The lowest BCUT2D eigenvalue weighted by Crippen LogP contribution is -2.37. The Morgan fingerprint density at radius 3 is 2.25 bits per heavy atom. The van der Waals surface area contributed by atoms with Crippen molar-refractivity contribution in [2.45, 2.75) is 32.3 Å². The summed E-state index contributed by atoms with van der Waals surface area (Å²) in [5.41, 5.74) is -0.653. The van der Waals surface area contributed by atoms with Gasteiger partial charge in [0, 0.05) is 0 Å². The van der Waals surface area contributed by atoms with Crippen LogP contribution in [0.3, 0.4) is 0 Å². The predicted molar refractivity (Wildman–Crippen MR) is 47.7 cm³/mol. The first-order valence-corrected chi connectivity index (χ1v) is 6.03. The molecule has 0 spiro atoms. The van der Waals surface area contributed by atoms with Gasteiger partial charge in [-0.3, -0.25) is 0 Å². The summed E-state index contributed by atoms with van der Waals surface area (Å²) < 4.78 is 21.5. The van der Waals surface area contributed by atoms with Gasteiger partial charge in [0.05, 0.1) is 17.1 Å². The van der Waals surface area contributed by atoms with Crippen molar-refractivity contribution in [3.63, 3.8) is 0 Å². The second-order valence-corrected chi connectivity index (χ2v) is 6.45. The van der Waals surface area contributed by atoms with Gasteiger partial charge in [0.1, 0.15) is 0 Å². The van der Waals surface area contributed by atoms with Gasteiger partial charge in [0.15, 0.2) is 9.84 Å². The Morgan fingerprint density at radius 1 is 1.42 bits per heavy atom. The molecule has 0 amide bonds.